The Morgan fingerprint density at radius 2 is 1.84 bits per heavy atom. The van der Waals surface area contributed by atoms with Crippen LogP contribution in [-0.2, 0) is 9.59 Å². The molecule has 5 heteroatoms. The van der Waals surface area contributed by atoms with Crippen LogP contribution in [0.4, 0.5) is 5.69 Å². The van der Waals surface area contributed by atoms with E-state index in [1.165, 1.54) is 0 Å². The lowest BCUT2D eigenvalue weighted by atomic mass is 9.95. The third kappa shape index (κ3) is 2.61. The lowest BCUT2D eigenvalue weighted by Crippen LogP contribution is -2.68. The first-order valence-corrected chi connectivity index (χ1v) is 7.36. The summed E-state index contributed by atoms with van der Waals surface area (Å²) in [6, 6.07) is 7.22. The minimum Gasteiger partial charge on any atom is -0.340 e. The topological polar surface area (TPSA) is 49.4 Å². The Kier molecular flexibility index (Phi) is 3.85. The molecule has 0 spiro atoms. The summed E-state index contributed by atoms with van der Waals surface area (Å²) in [5.74, 6) is -0.161. The summed E-state index contributed by atoms with van der Waals surface area (Å²) in [7, 11) is 0. The number of carbonyl (C=O) groups is 2. The van der Waals surface area contributed by atoms with Crippen molar-refractivity contribution in [3.05, 3.63) is 27.8 Å². The molecule has 1 aliphatic heterocycles. The minimum atomic E-state index is -0.855. The predicted molar refractivity (Wildman–Crippen MR) is 82.9 cm³/mol. The van der Waals surface area contributed by atoms with Gasteiger partial charge in [0, 0.05) is 9.26 Å². The van der Waals surface area contributed by atoms with Crippen molar-refractivity contribution in [1.82, 2.24) is 5.32 Å². The lowest BCUT2D eigenvalue weighted by Gasteiger charge is -2.42. The van der Waals surface area contributed by atoms with Crippen molar-refractivity contribution in [2.24, 2.45) is 0 Å². The van der Waals surface area contributed by atoms with Gasteiger partial charge in [-0.05, 0) is 67.1 Å². The highest BCUT2D eigenvalue weighted by molar-refractivity contribution is 14.1. The fourth-order valence-electron chi connectivity index (χ4n) is 2.27. The van der Waals surface area contributed by atoms with E-state index in [-0.39, 0.29) is 11.8 Å². The van der Waals surface area contributed by atoms with Gasteiger partial charge in [-0.2, -0.15) is 0 Å². The van der Waals surface area contributed by atoms with Crippen molar-refractivity contribution >= 4 is 40.1 Å². The van der Waals surface area contributed by atoms with Gasteiger partial charge in [0.15, 0.2) is 0 Å². The number of hydrogen-bond acceptors (Lipinski definition) is 2. The molecule has 19 heavy (non-hydrogen) atoms. The number of nitrogens with one attached hydrogen (secondary N) is 1. The van der Waals surface area contributed by atoms with Crippen LogP contribution >= 0.6 is 22.6 Å². The van der Waals surface area contributed by atoms with E-state index < -0.39 is 11.6 Å². The van der Waals surface area contributed by atoms with Gasteiger partial charge in [0.2, 0.25) is 5.91 Å². The average molecular weight is 372 g/mol. The molecule has 0 aliphatic carbocycles. The van der Waals surface area contributed by atoms with Gasteiger partial charge in [-0.15, -0.1) is 0 Å². The van der Waals surface area contributed by atoms with Crippen LogP contribution in [0.15, 0.2) is 24.3 Å². The number of rotatable bonds is 2. The van der Waals surface area contributed by atoms with E-state index in [1.807, 2.05) is 31.2 Å². The quantitative estimate of drug-likeness (QED) is 0.811. The van der Waals surface area contributed by atoms with Crippen LogP contribution in [0.1, 0.15) is 27.2 Å². The standard InChI is InChI=1S/C14H17IN2O2/c1-4-11-12(18)16-14(2,3)13(19)17(11)10-7-5-9(15)6-8-10/h5-8,11H,4H2,1-3H3,(H,16,18). The Morgan fingerprint density at radius 3 is 2.37 bits per heavy atom. The summed E-state index contributed by atoms with van der Waals surface area (Å²) in [5.41, 5.74) is -0.0775. The molecule has 1 heterocycles. The Morgan fingerprint density at radius 1 is 1.26 bits per heavy atom. The van der Waals surface area contributed by atoms with Crippen LogP contribution in [0.3, 0.4) is 0 Å². The summed E-state index contributed by atoms with van der Waals surface area (Å²) in [6.45, 7) is 5.38. The third-order valence-corrected chi connectivity index (χ3v) is 4.01. The highest BCUT2D eigenvalue weighted by atomic mass is 127. The molecule has 1 aromatic carbocycles. The summed E-state index contributed by atoms with van der Waals surface area (Å²) in [6.07, 6.45) is 0.597. The largest absolute Gasteiger partial charge is 0.340 e. The molecule has 1 aromatic rings. The van der Waals surface area contributed by atoms with E-state index in [0.29, 0.717) is 6.42 Å². The summed E-state index contributed by atoms with van der Waals surface area (Å²) in [5, 5.41) is 2.79. The predicted octanol–water partition coefficient (Wildman–Crippen LogP) is 2.31. The zero-order valence-corrected chi connectivity index (χ0v) is 13.4. The van der Waals surface area contributed by atoms with Crippen molar-refractivity contribution in [2.45, 2.75) is 38.8 Å². The van der Waals surface area contributed by atoms with Crippen LogP contribution in [0, 0.1) is 3.57 Å². The number of benzene rings is 1. The maximum absolute atomic E-state index is 12.6. The van der Waals surface area contributed by atoms with Gasteiger partial charge in [0.25, 0.3) is 5.91 Å². The van der Waals surface area contributed by atoms with Gasteiger partial charge in [-0.1, -0.05) is 6.92 Å². The Labute approximate surface area is 126 Å². The molecule has 1 aliphatic rings. The van der Waals surface area contributed by atoms with Crippen molar-refractivity contribution in [3.8, 4) is 0 Å². The fourth-order valence-corrected chi connectivity index (χ4v) is 2.63. The zero-order valence-electron chi connectivity index (χ0n) is 11.2. The minimum absolute atomic E-state index is 0.0693. The van der Waals surface area contributed by atoms with Gasteiger partial charge < -0.3 is 5.32 Å². The van der Waals surface area contributed by atoms with Crippen LogP contribution in [0.25, 0.3) is 0 Å². The van der Waals surface area contributed by atoms with E-state index in [4.69, 9.17) is 0 Å². The first-order valence-electron chi connectivity index (χ1n) is 6.28. The van der Waals surface area contributed by atoms with Gasteiger partial charge in [0.1, 0.15) is 11.6 Å². The van der Waals surface area contributed by atoms with Crippen LogP contribution in [0.5, 0.6) is 0 Å². The summed E-state index contributed by atoms with van der Waals surface area (Å²) in [4.78, 5) is 26.3. The first kappa shape index (κ1) is 14.3. The van der Waals surface area contributed by atoms with Crippen molar-refractivity contribution < 1.29 is 9.59 Å². The van der Waals surface area contributed by atoms with E-state index in [2.05, 4.69) is 27.9 Å². The maximum atomic E-state index is 12.6. The molecule has 1 unspecified atom stereocenters. The molecule has 1 fully saturated rings. The van der Waals surface area contributed by atoms with E-state index in [0.717, 1.165) is 9.26 Å². The average Bonchev–Trinajstić information content (AvgIpc) is 2.34. The van der Waals surface area contributed by atoms with E-state index in [1.54, 1.807) is 18.7 Å². The smallest absolute Gasteiger partial charge is 0.252 e. The number of halogens is 1. The molecule has 0 aromatic heterocycles. The van der Waals surface area contributed by atoms with E-state index in [9.17, 15) is 9.59 Å². The third-order valence-electron chi connectivity index (χ3n) is 3.29. The SMILES string of the molecule is CCC1C(=O)NC(C)(C)C(=O)N1c1ccc(I)cc1. The van der Waals surface area contributed by atoms with Gasteiger partial charge in [0.05, 0.1) is 0 Å². The molecule has 1 atom stereocenters. The number of hydrogen-bond donors (Lipinski definition) is 1. The molecule has 1 N–H and O–H groups in total. The number of carbonyl (C=O) groups excluding carboxylic acids is 2. The molecule has 2 amide bonds. The number of nitrogens with zero attached hydrogens (tertiary/aromatic N) is 1. The highest BCUT2D eigenvalue weighted by Crippen LogP contribution is 2.27. The molecular weight excluding hydrogens is 355 g/mol. The lowest BCUT2D eigenvalue weighted by molar-refractivity contribution is -0.137. The van der Waals surface area contributed by atoms with Crippen LogP contribution in [-0.4, -0.2) is 23.4 Å². The van der Waals surface area contributed by atoms with Crippen molar-refractivity contribution in [1.29, 1.82) is 0 Å². The molecule has 0 saturated carbocycles. The monoisotopic (exact) mass is 372 g/mol. The second-order valence-corrected chi connectivity index (χ2v) is 6.44. The van der Waals surface area contributed by atoms with Crippen LogP contribution in [0.2, 0.25) is 0 Å². The molecule has 4 nitrogen and oxygen atoms in total. The summed E-state index contributed by atoms with van der Waals surface area (Å²) < 4.78 is 1.10. The number of anilines is 1. The van der Waals surface area contributed by atoms with Gasteiger partial charge in [-0.25, -0.2) is 0 Å². The molecule has 0 radical (unpaired) electrons. The van der Waals surface area contributed by atoms with Gasteiger partial charge in [-0.3, -0.25) is 14.5 Å². The molecule has 102 valence electrons. The highest BCUT2D eigenvalue weighted by Gasteiger charge is 2.45. The Hall–Kier alpha value is -1.11. The molecular formula is C14H17IN2O2. The zero-order chi connectivity index (χ0) is 14.2. The number of piperazine rings is 1. The maximum Gasteiger partial charge on any atom is 0.252 e. The molecule has 1 saturated heterocycles. The van der Waals surface area contributed by atoms with Crippen LogP contribution < -0.4 is 10.2 Å². The fraction of sp³-hybridized carbons (Fsp3) is 0.429. The van der Waals surface area contributed by atoms with E-state index >= 15 is 0 Å². The molecule has 2 rings (SSSR count). The number of amides is 2. The van der Waals surface area contributed by atoms with Gasteiger partial charge >= 0.3 is 0 Å². The first-order chi connectivity index (χ1) is 8.86. The Balaban J connectivity index is 2.45. The summed E-state index contributed by atoms with van der Waals surface area (Å²) >= 11 is 2.22. The molecule has 0 bridgehead atoms. The second-order valence-electron chi connectivity index (χ2n) is 5.19. The Bertz CT molecular complexity index is 511. The van der Waals surface area contributed by atoms with Crippen molar-refractivity contribution in [2.75, 3.05) is 4.90 Å². The second kappa shape index (κ2) is 5.11. The van der Waals surface area contributed by atoms with Crippen molar-refractivity contribution in [3.63, 3.8) is 0 Å². The normalized spacial score (nSPS) is 22.3.